The first kappa shape index (κ1) is 26.9. The molecule has 0 unspecified atom stereocenters. The first-order chi connectivity index (χ1) is 15.8. The lowest BCUT2D eigenvalue weighted by Gasteiger charge is -2.27. The van der Waals surface area contributed by atoms with Gasteiger partial charge in [-0.05, 0) is 49.7 Å². The smallest absolute Gasteiger partial charge is 0.475 e. The van der Waals surface area contributed by atoms with E-state index in [9.17, 15) is 22.8 Å². The zero-order valence-corrected chi connectivity index (χ0v) is 19.4. The van der Waals surface area contributed by atoms with Gasteiger partial charge in [-0.1, -0.05) is 11.6 Å². The third-order valence-electron chi connectivity index (χ3n) is 4.62. The van der Waals surface area contributed by atoms with E-state index in [0.29, 0.717) is 17.3 Å². The molecule has 13 heteroatoms. The van der Waals surface area contributed by atoms with Crippen molar-refractivity contribution in [2.45, 2.75) is 37.0 Å². The van der Waals surface area contributed by atoms with Crippen LogP contribution in [0.3, 0.4) is 0 Å². The number of nitrogens with zero attached hydrogens (tertiary/aromatic N) is 4. The number of pyridine rings is 1. The maximum atomic E-state index is 13.0. The molecular formula is C21H18ClF3N4O4S. The van der Waals surface area contributed by atoms with Crippen LogP contribution in [0.5, 0.6) is 0 Å². The SMILES string of the molecule is CC1(C)C(=O)N(c2ccc(SCC#N)c(Cl)c2)C(=O)N1Cc1ccncc1.O=C(O)C(F)(F)F. The normalized spacial score (nSPS) is 15.0. The van der Waals surface area contributed by atoms with Gasteiger partial charge in [0.25, 0.3) is 5.91 Å². The highest BCUT2D eigenvalue weighted by atomic mass is 35.5. The molecule has 1 aliphatic rings. The van der Waals surface area contributed by atoms with E-state index in [0.717, 1.165) is 15.4 Å². The minimum Gasteiger partial charge on any atom is -0.475 e. The number of rotatable bonds is 5. The van der Waals surface area contributed by atoms with Crippen molar-refractivity contribution in [2.75, 3.05) is 10.7 Å². The third-order valence-corrected chi connectivity index (χ3v) is 5.99. The summed E-state index contributed by atoms with van der Waals surface area (Å²) in [7, 11) is 0. The predicted molar refractivity (Wildman–Crippen MR) is 118 cm³/mol. The Morgan fingerprint density at radius 3 is 2.32 bits per heavy atom. The van der Waals surface area contributed by atoms with Crippen molar-refractivity contribution in [1.82, 2.24) is 9.88 Å². The molecular weight excluding hydrogens is 497 g/mol. The number of thioether (sulfide) groups is 1. The third kappa shape index (κ3) is 6.18. The number of aromatic nitrogens is 1. The number of imide groups is 1. The topological polar surface area (TPSA) is 115 Å². The number of carbonyl (C=O) groups is 3. The molecule has 180 valence electrons. The Kier molecular flexibility index (Phi) is 8.52. The summed E-state index contributed by atoms with van der Waals surface area (Å²) in [6.45, 7) is 3.76. The number of carbonyl (C=O) groups excluding carboxylic acids is 2. The molecule has 0 spiro atoms. The zero-order chi connectivity index (χ0) is 25.7. The van der Waals surface area contributed by atoms with Crippen LogP contribution < -0.4 is 4.90 Å². The van der Waals surface area contributed by atoms with Gasteiger partial charge in [-0.15, -0.1) is 11.8 Å². The second-order valence-electron chi connectivity index (χ2n) is 7.29. The summed E-state index contributed by atoms with van der Waals surface area (Å²) in [5, 5.41) is 16.2. The van der Waals surface area contributed by atoms with Gasteiger partial charge in [-0.2, -0.15) is 18.4 Å². The first-order valence-electron chi connectivity index (χ1n) is 9.45. The summed E-state index contributed by atoms with van der Waals surface area (Å²) in [4.78, 5) is 42.3. The number of carboxylic acid groups (broad SMARTS) is 1. The molecule has 0 bridgehead atoms. The van der Waals surface area contributed by atoms with Crippen molar-refractivity contribution in [3.05, 3.63) is 53.3 Å². The molecule has 1 aromatic carbocycles. The highest BCUT2D eigenvalue weighted by Gasteiger charge is 2.51. The molecule has 1 aliphatic heterocycles. The predicted octanol–water partition coefficient (Wildman–Crippen LogP) is 4.73. The number of nitriles is 1. The molecule has 0 atom stereocenters. The van der Waals surface area contributed by atoms with Crippen molar-refractivity contribution < 1.29 is 32.7 Å². The summed E-state index contributed by atoms with van der Waals surface area (Å²) < 4.78 is 31.7. The zero-order valence-electron chi connectivity index (χ0n) is 17.8. The highest BCUT2D eigenvalue weighted by molar-refractivity contribution is 7.99. The molecule has 1 N–H and O–H groups in total. The van der Waals surface area contributed by atoms with E-state index in [1.165, 1.54) is 16.7 Å². The molecule has 0 radical (unpaired) electrons. The van der Waals surface area contributed by atoms with E-state index in [1.54, 1.807) is 44.4 Å². The van der Waals surface area contributed by atoms with Crippen LogP contribution in [-0.4, -0.2) is 50.4 Å². The molecule has 1 saturated heterocycles. The molecule has 0 aliphatic carbocycles. The Balaban J connectivity index is 0.000000509. The lowest BCUT2D eigenvalue weighted by molar-refractivity contribution is -0.192. The van der Waals surface area contributed by atoms with E-state index >= 15 is 0 Å². The van der Waals surface area contributed by atoms with Crippen LogP contribution in [0.2, 0.25) is 5.02 Å². The quantitative estimate of drug-likeness (QED) is 0.453. The molecule has 3 amide bonds. The maximum absolute atomic E-state index is 13.0. The largest absolute Gasteiger partial charge is 0.490 e. The van der Waals surface area contributed by atoms with E-state index in [4.69, 9.17) is 26.8 Å². The summed E-state index contributed by atoms with van der Waals surface area (Å²) in [5.41, 5.74) is 0.324. The van der Waals surface area contributed by atoms with Crippen LogP contribution in [0.25, 0.3) is 0 Å². The summed E-state index contributed by atoms with van der Waals surface area (Å²) in [6, 6.07) is 10.3. The number of halogens is 4. The van der Waals surface area contributed by atoms with Gasteiger partial charge in [0.2, 0.25) is 0 Å². The summed E-state index contributed by atoms with van der Waals surface area (Å²) >= 11 is 7.58. The van der Waals surface area contributed by atoms with Gasteiger partial charge in [-0.25, -0.2) is 14.5 Å². The van der Waals surface area contributed by atoms with Crippen molar-refractivity contribution >= 4 is 47.0 Å². The standard InChI is InChI=1S/C19H17ClN4O2S.C2HF3O2/c1-19(2)17(25)24(14-3-4-16(15(20)11-14)27-10-7-21)18(26)23(19)12-13-5-8-22-9-6-13;3-2(4,5)1(6)7/h3-6,8-9,11H,10,12H2,1-2H3;(H,6,7). The highest BCUT2D eigenvalue weighted by Crippen LogP contribution is 2.36. The molecule has 34 heavy (non-hydrogen) atoms. The van der Waals surface area contributed by atoms with Crippen LogP contribution in [-0.2, 0) is 16.1 Å². The summed E-state index contributed by atoms with van der Waals surface area (Å²) in [5.74, 6) is -2.80. The lowest BCUT2D eigenvalue weighted by Crippen LogP contribution is -2.43. The fraction of sp³-hybridized carbons (Fsp3) is 0.286. The van der Waals surface area contributed by atoms with Gasteiger partial charge in [0.1, 0.15) is 5.54 Å². The second-order valence-corrected chi connectivity index (χ2v) is 8.71. The van der Waals surface area contributed by atoms with Gasteiger partial charge >= 0.3 is 18.2 Å². The minimum absolute atomic E-state index is 0.271. The van der Waals surface area contributed by atoms with Crippen LogP contribution in [0.4, 0.5) is 23.7 Å². The number of amides is 3. The van der Waals surface area contributed by atoms with Crippen LogP contribution in [0.1, 0.15) is 19.4 Å². The average Bonchev–Trinajstić information content (AvgIpc) is 2.93. The Hall–Kier alpha value is -3.30. The van der Waals surface area contributed by atoms with Crippen molar-refractivity contribution in [2.24, 2.45) is 0 Å². The van der Waals surface area contributed by atoms with Gasteiger partial charge in [0.15, 0.2) is 0 Å². The van der Waals surface area contributed by atoms with E-state index in [-0.39, 0.29) is 11.7 Å². The van der Waals surface area contributed by atoms with E-state index in [2.05, 4.69) is 4.98 Å². The molecule has 8 nitrogen and oxygen atoms in total. The fourth-order valence-electron chi connectivity index (χ4n) is 2.86. The Morgan fingerprint density at radius 1 is 1.24 bits per heavy atom. The lowest BCUT2D eigenvalue weighted by atomic mass is 10.0. The van der Waals surface area contributed by atoms with E-state index in [1.807, 2.05) is 18.2 Å². The molecule has 2 aromatic rings. The Morgan fingerprint density at radius 2 is 1.82 bits per heavy atom. The first-order valence-corrected chi connectivity index (χ1v) is 10.8. The molecule has 1 aromatic heterocycles. The van der Waals surface area contributed by atoms with Crippen molar-refractivity contribution in [3.8, 4) is 6.07 Å². The van der Waals surface area contributed by atoms with Gasteiger partial charge < -0.3 is 10.0 Å². The van der Waals surface area contributed by atoms with Crippen molar-refractivity contribution in [1.29, 1.82) is 5.26 Å². The van der Waals surface area contributed by atoms with Crippen LogP contribution in [0, 0.1) is 11.3 Å². The Bertz CT molecular complexity index is 1120. The number of anilines is 1. The minimum atomic E-state index is -5.08. The second kappa shape index (κ2) is 10.8. The van der Waals surface area contributed by atoms with Crippen LogP contribution >= 0.6 is 23.4 Å². The number of urea groups is 1. The molecule has 0 saturated carbocycles. The number of hydrogen-bond acceptors (Lipinski definition) is 6. The van der Waals surface area contributed by atoms with E-state index < -0.39 is 23.7 Å². The number of benzene rings is 1. The maximum Gasteiger partial charge on any atom is 0.490 e. The van der Waals surface area contributed by atoms with Gasteiger partial charge in [0.05, 0.1) is 22.5 Å². The molecule has 3 rings (SSSR count). The van der Waals surface area contributed by atoms with Crippen LogP contribution in [0.15, 0.2) is 47.6 Å². The Labute approximate surface area is 201 Å². The number of alkyl halides is 3. The fourth-order valence-corrected chi connectivity index (χ4v) is 3.77. The van der Waals surface area contributed by atoms with Crippen molar-refractivity contribution in [3.63, 3.8) is 0 Å². The number of aliphatic carboxylic acids is 1. The monoisotopic (exact) mass is 514 g/mol. The molecule has 1 fully saturated rings. The number of carboxylic acids is 1. The van der Waals surface area contributed by atoms with Gasteiger partial charge in [-0.3, -0.25) is 9.78 Å². The average molecular weight is 515 g/mol. The van der Waals surface area contributed by atoms with Gasteiger partial charge in [0, 0.05) is 23.8 Å². The number of hydrogen-bond donors (Lipinski definition) is 1. The summed E-state index contributed by atoms with van der Waals surface area (Å²) in [6.07, 6.45) is -1.78. The molecule has 2 heterocycles.